The molecule has 0 bridgehead atoms. The largest absolute Gasteiger partial charge is 0.396 e. The summed E-state index contributed by atoms with van der Waals surface area (Å²) in [4.78, 5) is 0. The highest BCUT2D eigenvalue weighted by atomic mass is 16.8. The number of rotatable bonds is 17. The molecule has 52 heavy (non-hydrogen) atoms. The van der Waals surface area contributed by atoms with Crippen LogP contribution < -0.4 is 0 Å². The van der Waals surface area contributed by atoms with Crippen molar-refractivity contribution in [3.63, 3.8) is 0 Å². The van der Waals surface area contributed by atoms with Crippen molar-refractivity contribution in [3.05, 3.63) is 12.7 Å². The first-order valence-corrected chi connectivity index (χ1v) is 17.9. The van der Waals surface area contributed by atoms with Crippen LogP contribution in [0, 0.1) is 5.92 Å². The minimum absolute atomic E-state index is 0.182. The molecule has 1 aliphatic carbocycles. The second-order valence-electron chi connectivity index (χ2n) is 14.0. The molecule has 20 atom stereocenters. The zero-order valence-corrected chi connectivity index (χ0v) is 29.1. The summed E-state index contributed by atoms with van der Waals surface area (Å²) in [6, 6.07) is 0. The molecular formula is C33H58O19. The van der Waals surface area contributed by atoms with Crippen molar-refractivity contribution < 1.29 is 94.4 Å². The molecule has 0 spiro atoms. The number of aliphatic hydroxyl groups excluding tert-OH is 12. The van der Waals surface area contributed by atoms with Gasteiger partial charge in [0.2, 0.25) is 0 Å². The van der Waals surface area contributed by atoms with Crippen LogP contribution in [0.25, 0.3) is 0 Å². The summed E-state index contributed by atoms with van der Waals surface area (Å²) in [5, 5.41) is 127. The maximum absolute atomic E-state index is 11.4. The van der Waals surface area contributed by atoms with Crippen molar-refractivity contribution in [2.45, 2.75) is 162 Å². The van der Waals surface area contributed by atoms with Crippen LogP contribution in [0.2, 0.25) is 0 Å². The van der Waals surface area contributed by atoms with Gasteiger partial charge < -0.3 is 94.4 Å². The summed E-state index contributed by atoms with van der Waals surface area (Å²) in [6.45, 7) is 3.07. The minimum Gasteiger partial charge on any atom is -0.396 e. The quantitative estimate of drug-likeness (QED) is 0.0489. The molecule has 12 N–H and O–H groups in total. The van der Waals surface area contributed by atoms with Gasteiger partial charge in [-0.1, -0.05) is 18.9 Å². The third kappa shape index (κ3) is 10.0. The summed E-state index contributed by atoms with van der Waals surface area (Å²) in [7, 11) is 0. The van der Waals surface area contributed by atoms with Gasteiger partial charge in [0.05, 0.1) is 31.5 Å². The first kappa shape index (κ1) is 43.7. The maximum Gasteiger partial charge on any atom is 0.187 e. The van der Waals surface area contributed by atoms with Crippen molar-refractivity contribution in [1.82, 2.24) is 0 Å². The maximum atomic E-state index is 11.4. The summed E-state index contributed by atoms with van der Waals surface area (Å²) in [5.74, 6) is -0.963. The van der Waals surface area contributed by atoms with Crippen LogP contribution >= 0.6 is 0 Å². The van der Waals surface area contributed by atoms with Gasteiger partial charge in [-0.2, -0.15) is 0 Å². The number of allylic oxidation sites excluding steroid dienone is 1. The molecule has 0 aromatic heterocycles. The fourth-order valence-electron chi connectivity index (χ4n) is 6.99. The summed E-state index contributed by atoms with van der Waals surface area (Å²) in [6.07, 6.45) is -24.8. The van der Waals surface area contributed by atoms with Gasteiger partial charge in [-0.25, -0.2) is 0 Å². The molecule has 1 saturated carbocycles. The van der Waals surface area contributed by atoms with Crippen LogP contribution in [0.5, 0.6) is 0 Å². The van der Waals surface area contributed by atoms with Gasteiger partial charge in [-0.15, -0.1) is 6.58 Å². The smallest absolute Gasteiger partial charge is 0.187 e. The standard InChI is InChI=1S/C33H58O19/c1-3-4-5-6-7-8-9-46-31-27(45)25(43)28(18(13-36)50-31)51-33-30(52-32-26(44)23(41)19(37)14(2)47-32)29(22(40)17(12-35)49-33)48-16-10-15(11-34)20(38)24(42)21(16)39/h3,14-45H,1,4-13H2,2H3/t14?,15?,16-,17?,18?,19+,20-,21?,22-,23?,24-,25?,26-,27-,28+,29?,30-,31+,32-,33-/m0/s1. The Balaban J connectivity index is 1.59. The van der Waals surface area contributed by atoms with Crippen LogP contribution in [-0.4, -0.2) is 204 Å². The highest BCUT2D eigenvalue weighted by Crippen LogP contribution is 2.37. The van der Waals surface area contributed by atoms with E-state index < -0.39 is 142 Å². The molecule has 3 aliphatic heterocycles. The van der Waals surface area contributed by atoms with E-state index in [1.54, 1.807) is 0 Å². The zero-order valence-electron chi connectivity index (χ0n) is 29.1. The number of hydrogen-bond donors (Lipinski definition) is 12. The SMILES string of the molecule is C=CCCCCCCO[C@@H]1OC(CO)[C@@H](O[C@@H]2OC(CO)[C@H](O)C(O[C@H]3CC(CO)[C@H](O)[C@H](O)C3O)[C@@H]2O[C@@H]2OC(C)[C@@H](O)C(O)[C@@H]2O)C(O)[C@@H]1O. The first-order valence-electron chi connectivity index (χ1n) is 17.9. The Hall–Kier alpha value is -1.02. The van der Waals surface area contributed by atoms with E-state index in [9.17, 15) is 61.3 Å². The van der Waals surface area contributed by atoms with Crippen molar-refractivity contribution in [1.29, 1.82) is 0 Å². The number of aliphatic hydroxyl groups is 12. The summed E-state index contributed by atoms with van der Waals surface area (Å²) >= 11 is 0. The number of ether oxygens (including phenoxy) is 7. The average Bonchev–Trinajstić information content (AvgIpc) is 3.13. The summed E-state index contributed by atoms with van der Waals surface area (Å²) in [5.41, 5.74) is 0. The van der Waals surface area contributed by atoms with Crippen molar-refractivity contribution in [2.75, 3.05) is 26.4 Å². The van der Waals surface area contributed by atoms with Crippen molar-refractivity contribution >= 4 is 0 Å². The molecule has 0 radical (unpaired) electrons. The third-order valence-electron chi connectivity index (χ3n) is 10.3. The lowest BCUT2D eigenvalue weighted by atomic mass is 9.81. The van der Waals surface area contributed by atoms with Crippen LogP contribution in [0.3, 0.4) is 0 Å². The second-order valence-corrected chi connectivity index (χ2v) is 14.0. The molecule has 0 amide bonds. The van der Waals surface area contributed by atoms with E-state index in [0.717, 1.165) is 25.7 Å². The predicted molar refractivity (Wildman–Crippen MR) is 173 cm³/mol. The highest BCUT2D eigenvalue weighted by Gasteiger charge is 2.56. The molecule has 3 heterocycles. The molecule has 4 fully saturated rings. The monoisotopic (exact) mass is 758 g/mol. The van der Waals surface area contributed by atoms with Gasteiger partial charge in [-0.3, -0.25) is 0 Å². The zero-order chi connectivity index (χ0) is 38.3. The lowest BCUT2D eigenvalue weighted by Gasteiger charge is -2.50. The molecule has 8 unspecified atom stereocenters. The van der Waals surface area contributed by atoms with Crippen LogP contribution in [0.15, 0.2) is 12.7 Å². The van der Waals surface area contributed by atoms with E-state index in [-0.39, 0.29) is 13.0 Å². The van der Waals surface area contributed by atoms with Crippen LogP contribution in [0.1, 0.15) is 45.4 Å². The molecule has 0 aromatic rings. The Kier molecular flexibility index (Phi) is 17.0. The Morgan fingerprint density at radius 1 is 0.558 bits per heavy atom. The number of hydrogen-bond acceptors (Lipinski definition) is 19. The minimum atomic E-state index is -1.88. The molecule has 19 nitrogen and oxygen atoms in total. The summed E-state index contributed by atoms with van der Waals surface area (Å²) < 4.78 is 41.0. The van der Waals surface area contributed by atoms with E-state index in [0.29, 0.717) is 6.42 Å². The average molecular weight is 759 g/mol. The first-order chi connectivity index (χ1) is 24.8. The Morgan fingerprint density at radius 2 is 1.17 bits per heavy atom. The predicted octanol–water partition coefficient (Wildman–Crippen LogP) is -4.90. The van der Waals surface area contributed by atoms with E-state index in [2.05, 4.69) is 6.58 Å². The Labute approximate surface area is 301 Å². The van der Waals surface area contributed by atoms with E-state index in [1.807, 2.05) is 6.08 Å². The van der Waals surface area contributed by atoms with Gasteiger partial charge in [-0.05, 0) is 32.6 Å². The molecule has 304 valence electrons. The van der Waals surface area contributed by atoms with E-state index in [1.165, 1.54) is 6.92 Å². The van der Waals surface area contributed by atoms with Gasteiger partial charge in [0.15, 0.2) is 18.9 Å². The number of unbranched alkanes of at least 4 members (excludes halogenated alkanes) is 4. The lowest BCUT2D eigenvalue weighted by Crippen LogP contribution is -2.68. The highest BCUT2D eigenvalue weighted by molar-refractivity contribution is 4.99. The Bertz CT molecular complexity index is 1050. The molecule has 4 rings (SSSR count). The molecule has 4 aliphatic rings. The third-order valence-corrected chi connectivity index (χ3v) is 10.3. The fraction of sp³-hybridized carbons (Fsp3) is 0.939. The van der Waals surface area contributed by atoms with Gasteiger partial charge in [0, 0.05) is 19.1 Å². The van der Waals surface area contributed by atoms with Gasteiger partial charge in [0.25, 0.3) is 0 Å². The normalized spacial score (nSPS) is 47.3. The molecule has 3 saturated heterocycles. The van der Waals surface area contributed by atoms with Crippen LogP contribution in [-0.2, 0) is 33.2 Å². The topological polar surface area (TPSA) is 307 Å². The molecule has 19 heteroatoms. The van der Waals surface area contributed by atoms with Crippen molar-refractivity contribution in [2.24, 2.45) is 5.92 Å². The molecule has 0 aromatic carbocycles. The van der Waals surface area contributed by atoms with Crippen LogP contribution in [0.4, 0.5) is 0 Å². The van der Waals surface area contributed by atoms with E-state index in [4.69, 9.17) is 33.2 Å². The molecular weight excluding hydrogens is 700 g/mol. The lowest BCUT2D eigenvalue weighted by molar-refractivity contribution is -0.393. The second kappa shape index (κ2) is 20.2. The van der Waals surface area contributed by atoms with E-state index >= 15 is 0 Å². The Morgan fingerprint density at radius 3 is 1.83 bits per heavy atom. The van der Waals surface area contributed by atoms with Crippen molar-refractivity contribution in [3.8, 4) is 0 Å². The van der Waals surface area contributed by atoms with Gasteiger partial charge in [0.1, 0.15) is 79.4 Å². The fourth-order valence-corrected chi connectivity index (χ4v) is 6.99. The van der Waals surface area contributed by atoms with Gasteiger partial charge >= 0.3 is 0 Å².